The molecular weight excluding hydrogens is 283 g/mol. The third-order valence-corrected chi connectivity index (χ3v) is 4.36. The van der Waals surface area contributed by atoms with Crippen LogP contribution < -0.4 is 16.2 Å². The van der Waals surface area contributed by atoms with Crippen molar-refractivity contribution in [1.82, 2.24) is 21.1 Å². The lowest BCUT2D eigenvalue weighted by Crippen LogP contribution is -2.38. The van der Waals surface area contributed by atoms with Gasteiger partial charge in [-0.3, -0.25) is 10.2 Å². The van der Waals surface area contributed by atoms with Crippen molar-refractivity contribution < 1.29 is 9.18 Å². The fourth-order valence-electron chi connectivity index (χ4n) is 2.81. The molecule has 0 saturated carbocycles. The van der Waals surface area contributed by atoms with E-state index in [1.165, 1.54) is 12.1 Å². The number of hydrogen-bond acceptors (Lipinski definition) is 4. The minimum Gasteiger partial charge on any atom is -0.359 e. The van der Waals surface area contributed by atoms with Gasteiger partial charge in [0, 0.05) is 38.5 Å². The molecule has 0 aliphatic carbocycles. The maximum Gasteiger partial charge on any atom is 0.221 e. The Morgan fingerprint density at radius 1 is 1.45 bits per heavy atom. The third-order valence-electron chi connectivity index (χ3n) is 4.36. The first kappa shape index (κ1) is 16.9. The van der Waals surface area contributed by atoms with E-state index in [0.29, 0.717) is 12.3 Å². The van der Waals surface area contributed by atoms with Crippen LogP contribution in [0.2, 0.25) is 0 Å². The normalized spacial score (nSPS) is 22.8. The molecule has 1 amide bonds. The Hall–Kier alpha value is -1.50. The van der Waals surface area contributed by atoms with Crippen LogP contribution >= 0.6 is 0 Å². The summed E-state index contributed by atoms with van der Waals surface area (Å²) in [5, 5.41) is 2.66. The zero-order valence-electron chi connectivity index (χ0n) is 13.4. The second kappa shape index (κ2) is 7.67. The van der Waals surface area contributed by atoms with Crippen LogP contribution in [0.1, 0.15) is 24.9 Å². The van der Waals surface area contributed by atoms with Crippen LogP contribution in [0.5, 0.6) is 0 Å². The standard InChI is InChI=1S/C16H25FN4O/c1-11(8-15(22)18-2)21(3)10-13-9-19-20-16(13)12-4-6-14(17)7-5-12/h4-7,11,13,16,19-20H,8-10H2,1-3H3,(H,18,22). The van der Waals surface area contributed by atoms with Crippen molar-refractivity contribution in [1.29, 1.82) is 0 Å². The minimum atomic E-state index is -0.220. The predicted molar refractivity (Wildman–Crippen MR) is 84.5 cm³/mol. The number of nitrogens with zero attached hydrogens (tertiary/aromatic N) is 1. The van der Waals surface area contributed by atoms with Crippen molar-refractivity contribution in [2.45, 2.75) is 25.4 Å². The monoisotopic (exact) mass is 308 g/mol. The summed E-state index contributed by atoms with van der Waals surface area (Å²) < 4.78 is 13.1. The Morgan fingerprint density at radius 3 is 2.77 bits per heavy atom. The van der Waals surface area contributed by atoms with Gasteiger partial charge in [0.1, 0.15) is 5.82 Å². The van der Waals surface area contributed by atoms with Crippen molar-refractivity contribution in [2.75, 3.05) is 27.2 Å². The third kappa shape index (κ3) is 4.25. The zero-order valence-corrected chi connectivity index (χ0v) is 13.4. The highest BCUT2D eigenvalue weighted by atomic mass is 19.1. The van der Waals surface area contributed by atoms with E-state index >= 15 is 0 Å². The number of halogens is 1. The summed E-state index contributed by atoms with van der Waals surface area (Å²) in [7, 11) is 3.69. The highest BCUT2D eigenvalue weighted by Gasteiger charge is 2.30. The van der Waals surface area contributed by atoms with Crippen LogP contribution in [0.25, 0.3) is 0 Å². The molecule has 1 heterocycles. The second-order valence-corrected chi connectivity index (χ2v) is 5.98. The lowest BCUT2D eigenvalue weighted by molar-refractivity contribution is -0.121. The molecule has 2 rings (SSSR count). The lowest BCUT2D eigenvalue weighted by atomic mass is 9.94. The molecule has 0 radical (unpaired) electrons. The zero-order chi connectivity index (χ0) is 16.1. The first-order valence-corrected chi connectivity index (χ1v) is 7.66. The maximum absolute atomic E-state index is 13.1. The van der Waals surface area contributed by atoms with Gasteiger partial charge < -0.3 is 10.2 Å². The first-order chi connectivity index (χ1) is 10.5. The molecule has 1 fully saturated rings. The summed E-state index contributed by atoms with van der Waals surface area (Å²) >= 11 is 0. The molecule has 3 unspecified atom stereocenters. The SMILES string of the molecule is CNC(=O)CC(C)N(C)CC1CNNC1c1ccc(F)cc1. The Morgan fingerprint density at radius 2 is 2.14 bits per heavy atom. The van der Waals surface area contributed by atoms with E-state index in [9.17, 15) is 9.18 Å². The van der Waals surface area contributed by atoms with Crippen LogP contribution in [0.15, 0.2) is 24.3 Å². The van der Waals surface area contributed by atoms with E-state index in [2.05, 4.69) is 28.0 Å². The summed E-state index contributed by atoms with van der Waals surface area (Å²) in [6.45, 7) is 3.76. The molecule has 1 aliphatic rings. The Balaban J connectivity index is 1.96. The van der Waals surface area contributed by atoms with Gasteiger partial charge in [0.05, 0.1) is 6.04 Å². The highest BCUT2D eigenvalue weighted by Crippen LogP contribution is 2.26. The molecule has 1 saturated heterocycles. The van der Waals surface area contributed by atoms with Gasteiger partial charge in [0.25, 0.3) is 0 Å². The summed E-state index contributed by atoms with van der Waals surface area (Å²) in [5.74, 6) is 0.197. The lowest BCUT2D eigenvalue weighted by Gasteiger charge is -2.29. The summed E-state index contributed by atoms with van der Waals surface area (Å²) in [6.07, 6.45) is 0.488. The topological polar surface area (TPSA) is 56.4 Å². The molecule has 3 N–H and O–H groups in total. The molecule has 1 aromatic rings. The number of rotatable bonds is 6. The van der Waals surface area contributed by atoms with Crippen molar-refractivity contribution >= 4 is 5.91 Å². The average molecular weight is 308 g/mol. The molecule has 6 heteroatoms. The maximum atomic E-state index is 13.1. The number of hydrogen-bond donors (Lipinski definition) is 3. The fraction of sp³-hybridized carbons (Fsp3) is 0.562. The van der Waals surface area contributed by atoms with Gasteiger partial charge in [0.15, 0.2) is 0 Å². The van der Waals surface area contributed by atoms with Gasteiger partial charge in [-0.1, -0.05) is 12.1 Å². The summed E-state index contributed by atoms with van der Waals surface area (Å²) in [6, 6.07) is 6.95. The highest BCUT2D eigenvalue weighted by molar-refractivity contribution is 5.76. The predicted octanol–water partition coefficient (Wildman–Crippen LogP) is 1.05. The largest absolute Gasteiger partial charge is 0.359 e. The molecular formula is C16H25FN4O. The molecule has 22 heavy (non-hydrogen) atoms. The van der Waals surface area contributed by atoms with E-state index in [-0.39, 0.29) is 23.8 Å². The second-order valence-electron chi connectivity index (χ2n) is 5.98. The van der Waals surface area contributed by atoms with Gasteiger partial charge >= 0.3 is 0 Å². The summed E-state index contributed by atoms with van der Waals surface area (Å²) in [4.78, 5) is 13.7. The van der Waals surface area contributed by atoms with Gasteiger partial charge in [-0.15, -0.1) is 0 Å². The fourth-order valence-corrected chi connectivity index (χ4v) is 2.81. The van der Waals surface area contributed by atoms with E-state index in [4.69, 9.17) is 0 Å². The van der Waals surface area contributed by atoms with E-state index in [0.717, 1.165) is 18.7 Å². The Labute approximate surface area is 131 Å². The molecule has 122 valence electrons. The van der Waals surface area contributed by atoms with Crippen molar-refractivity contribution in [3.8, 4) is 0 Å². The number of amides is 1. The van der Waals surface area contributed by atoms with Crippen molar-refractivity contribution in [3.05, 3.63) is 35.6 Å². The van der Waals surface area contributed by atoms with Crippen LogP contribution in [0.4, 0.5) is 4.39 Å². The summed E-state index contributed by atoms with van der Waals surface area (Å²) in [5.41, 5.74) is 7.52. The minimum absolute atomic E-state index is 0.0529. The van der Waals surface area contributed by atoms with Gasteiger partial charge in [-0.05, 0) is 31.7 Å². The molecule has 1 aromatic carbocycles. The number of nitrogens with one attached hydrogen (secondary N) is 3. The van der Waals surface area contributed by atoms with E-state index < -0.39 is 0 Å². The van der Waals surface area contributed by atoms with Crippen LogP contribution in [-0.2, 0) is 4.79 Å². The van der Waals surface area contributed by atoms with Gasteiger partial charge in [-0.2, -0.15) is 0 Å². The van der Waals surface area contributed by atoms with Crippen LogP contribution in [-0.4, -0.2) is 44.0 Å². The van der Waals surface area contributed by atoms with Crippen molar-refractivity contribution in [2.24, 2.45) is 5.92 Å². The Kier molecular flexibility index (Phi) is 5.88. The smallest absolute Gasteiger partial charge is 0.221 e. The number of hydrazine groups is 1. The number of benzene rings is 1. The van der Waals surface area contributed by atoms with Gasteiger partial charge in [-0.25, -0.2) is 9.82 Å². The number of carbonyl (C=O) groups is 1. The molecule has 1 aliphatic heterocycles. The molecule has 5 nitrogen and oxygen atoms in total. The molecule has 0 bridgehead atoms. The molecule has 0 spiro atoms. The molecule has 0 aromatic heterocycles. The van der Waals surface area contributed by atoms with Gasteiger partial charge in [0.2, 0.25) is 5.91 Å². The van der Waals surface area contributed by atoms with Crippen LogP contribution in [0.3, 0.4) is 0 Å². The average Bonchev–Trinajstić information content (AvgIpc) is 2.95. The van der Waals surface area contributed by atoms with E-state index in [1.807, 2.05) is 19.2 Å². The van der Waals surface area contributed by atoms with E-state index in [1.54, 1.807) is 7.05 Å². The Bertz CT molecular complexity index is 493. The first-order valence-electron chi connectivity index (χ1n) is 7.66. The van der Waals surface area contributed by atoms with Crippen molar-refractivity contribution in [3.63, 3.8) is 0 Å². The van der Waals surface area contributed by atoms with Crippen LogP contribution in [0, 0.1) is 11.7 Å². The number of carbonyl (C=O) groups excluding carboxylic acids is 1. The quantitative estimate of drug-likeness (QED) is 0.735. The molecule has 3 atom stereocenters.